The Balaban J connectivity index is 1.96. The van der Waals surface area contributed by atoms with Crippen LogP contribution in [0.15, 0.2) is 30.3 Å². The van der Waals surface area contributed by atoms with Crippen molar-refractivity contribution in [2.24, 2.45) is 5.92 Å². The second kappa shape index (κ2) is 4.61. The van der Waals surface area contributed by atoms with Gasteiger partial charge in [-0.05, 0) is 43.6 Å². The molecule has 1 aromatic carbocycles. The van der Waals surface area contributed by atoms with Gasteiger partial charge in [0.1, 0.15) is 5.78 Å². The van der Waals surface area contributed by atoms with E-state index in [2.05, 4.69) is 30.3 Å². The van der Waals surface area contributed by atoms with Crippen molar-refractivity contribution in [3.05, 3.63) is 35.9 Å². The number of carbonyl (C=O) groups excluding carboxylic acids is 1. The second-order valence-electron chi connectivity index (χ2n) is 4.69. The molecule has 0 amide bonds. The summed E-state index contributed by atoms with van der Waals surface area (Å²) in [6.45, 7) is 1.70. The topological polar surface area (TPSA) is 17.1 Å². The van der Waals surface area contributed by atoms with Gasteiger partial charge in [-0.2, -0.15) is 0 Å². The third-order valence-electron chi connectivity index (χ3n) is 3.39. The Morgan fingerprint density at radius 1 is 1.27 bits per heavy atom. The van der Waals surface area contributed by atoms with Crippen LogP contribution < -0.4 is 0 Å². The molecule has 1 fully saturated rings. The maximum Gasteiger partial charge on any atom is 0.130 e. The number of hydrogen-bond acceptors (Lipinski definition) is 1. The number of hydrogen-bond donors (Lipinski definition) is 0. The lowest BCUT2D eigenvalue weighted by atomic mass is 9.95. The minimum absolute atomic E-state index is 0.341. The molecular weight excluding hydrogens is 184 g/mol. The van der Waals surface area contributed by atoms with Gasteiger partial charge in [0.05, 0.1) is 0 Å². The molecule has 1 nitrogen and oxygen atoms in total. The highest BCUT2D eigenvalue weighted by Crippen LogP contribution is 2.39. The zero-order valence-corrected chi connectivity index (χ0v) is 9.28. The van der Waals surface area contributed by atoms with Gasteiger partial charge in [-0.15, -0.1) is 0 Å². The Bertz CT molecular complexity index is 328. The average molecular weight is 202 g/mol. The molecule has 0 saturated heterocycles. The van der Waals surface area contributed by atoms with Gasteiger partial charge >= 0.3 is 0 Å². The summed E-state index contributed by atoms with van der Waals surface area (Å²) >= 11 is 0. The molecule has 1 aliphatic rings. The van der Waals surface area contributed by atoms with Crippen LogP contribution in [-0.2, 0) is 4.79 Å². The highest BCUT2D eigenvalue weighted by atomic mass is 16.1. The molecule has 80 valence electrons. The fourth-order valence-electron chi connectivity index (χ4n) is 2.69. The zero-order chi connectivity index (χ0) is 10.7. The molecule has 0 N–H and O–H groups in total. The van der Waals surface area contributed by atoms with Crippen molar-refractivity contribution in [1.29, 1.82) is 0 Å². The van der Waals surface area contributed by atoms with Crippen molar-refractivity contribution in [1.82, 2.24) is 0 Å². The van der Waals surface area contributed by atoms with Crippen LogP contribution in [0, 0.1) is 5.92 Å². The molecule has 15 heavy (non-hydrogen) atoms. The van der Waals surface area contributed by atoms with Crippen LogP contribution in [0.4, 0.5) is 0 Å². The predicted molar refractivity (Wildman–Crippen MR) is 61.8 cm³/mol. The minimum atomic E-state index is 0.341. The first-order valence-electron chi connectivity index (χ1n) is 5.80. The van der Waals surface area contributed by atoms with E-state index in [0.29, 0.717) is 17.6 Å². The summed E-state index contributed by atoms with van der Waals surface area (Å²) in [6.07, 6.45) is 4.45. The van der Waals surface area contributed by atoms with Gasteiger partial charge in [-0.25, -0.2) is 0 Å². The third kappa shape index (κ3) is 2.68. The highest BCUT2D eigenvalue weighted by molar-refractivity contribution is 5.75. The molecule has 2 unspecified atom stereocenters. The van der Waals surface area contributed by atoms with Gasteiger partial charge in [-0.1, -0.05) is 30.3 Å². The van der Waals surface area contributed by atoms with Crippen LogP contribution in [0.5, 0.6) is 0 Å². The Kier molecular flexibility index (Phi) is 3.20. The minimum Gasteiger partial charge on any atom is -0.300 e. The number of rotatable bonds is 3. The van der Waals surface area contributed by atoms with E-state index in [0.717, 1.165) is 6.42 Å². The summed E-state index contributed by atoms with van der Waals surface area (Å²) in [6, 6.07) is 10.7. The molecule has 0 bridgehead atoms. The van der Waals surface area contributed by atoms with Crippen molar-refractivity contribution in [2.75, 3.05) is 0 Å². The molecule has 0 aromatic heterocycles. The summed E-state index contributed by atoms with van der Waals surface area (Å²) in [5.74, 6) is 1.66. The molecule has 1 aliphatic carbocycles. The smallest absolute Gasteiger partial charge is 0.130 e. The van der Waals surface area contributed by atoms with Crippen LogP contribution in [0.1, 0.15) is 44.1 Å². The molecule has 0 heterocycles. The van der Waals surface area contributed by atoms with Crippen LogP contribution in [-0.4, -0.2) is 5.78 Å². The van der Waals surface area contributed by atoms with Crippen molar-refractivity contribution in [2.45, 2.75) is 38.5 Å². The number of ketones is 1. The van der Waals surface area contributed by atoms with E-state index in [9.17, 15) is 4.79 Å². The fourth-order valence-corrected chi connectivity index (χ4v) is 2.69. The first-order chi connectivity index (χ1) is 7.25. The predicted octanol–water partition coefficient (Wildman–Crippen LogP) is 3.55. The molecule has 1 aromatic rings. The van der Waals surface area contributed by atoms with E-state index < -0.39 is 0 Å². The van der Waals surface area contributed by atoms with Crippen LogP contribution in [0.2, 0.25) is 0 Å². The molecule has 1 saturated carbocycles. The summed E-state index contributed by atoms with van der Waals surface area (Å²) in [5, 5.41) is 0. The first-order valence-corrected chi connectivity index (χ1v) is 5.80. The van der Waals surface area contributed by atoms with E-state index in [-0.39, 0.29) is 0 Å². The van der Waals surface area contributed by atoms with Gasteiger partial charge in [-0.3, -0.25) is 0 Å². The number of carbonyl (C=O) groups is 1. The summed E-state index contributed by atoms with van der Waals surface area (Å²) in [4.78, 5) is 11.0. The molecule has 0 radical (unpaired) electrons. The van der Waals surface area contributed by atoms with Crippen molar-refractivity contribution < 1.29 is 4.79 Å². The van der Waals surface area contributed by atoms with Crippen LogP contribution >= 0.6 is 0 Å². The molecule has 0 spiro atoms. The second-order valence-corrected chi connectivity index (χ2v) is 4.69. The quantitative estimate of drug-likeness (QED) is 0.732. The maximum absolute atomic E-state index is 11.0. The lowest BCUT2D eigenvalue weighted by Crippen LogP contribution is -2.01. The molecule has 1 heteroatoms. The van der Waals surface area contributed by atoms with Gasteiger partial charge in [0.2, 0.25) is 0 Å². The summed E-state index contributed by atoms with van der Waals surface area (Å²) in [7, 11) is 0. The Hall–Kier alpha value is -1.11. The summed E-state index contributed by atoms with van der Waals surface area (Å²) in [5.41, 5.74) is 1.45. The standard InChI is InChI=1S/C14H18O/c1-11(15)9-12-7-8-14(10-12)13-5-3-2-4-6-13/h2-6,12,14H,7-10H2,1H3. The fraction of sp³-hybridized carbons (Fsp3) is 0.500. The van der Waals surface area contributed by atoms with E-state index >= 15 is 0 Å². The van der Waals surface area contributed by atoms with E-state index in [4.69, 9.17) is 0 Å². The largest absolute Gasteiger partial charge is 0.300 e. The zero-order valence-electron chi connectivity index (χ0n) is 9.28. The van der Waals surface area contributed by atoms with E-state index in [1.165, 1.54) is 24.8 Å². The summed E-state index contributed by atoms with van der Waals surface area (Å²) < 4.78 is 0. The molecule has 2 rings (SSSR count). The number of Topliss-reactive ketones (excluding diaryl/α,β-unsaturated/α-hetero) is 1. The SMILES string of the molecule is CC(=O)CC1CCC(c2ccccc2)C1. The normalized spacial score (nSPS) is 25.4. The van der Waals surface area contributed by atoms with E-state index in [1.807, 2.05) is 0 Å². The Morgan fingerprint density at radius 2 is 2.00 bits per heavy atom. The van der Waals surface area contributed by atoms with Crippen molar-refractivity contribution in [3.8, 4) is 0 Å². The van der Waals surface area contributed by atoms with Crippen LogP contribution in [0.3, 0.4) is 0 Å². The number of benzene rings is 1. The van der Waals surface area contributed by atoms with Crippen LogP contribution in [0.25, 0.3) is 0 Å². The lowest BCUT2D eigenvalue weighted by molar-refractivity contribution is -0.117. The van der Waals surface area contributed by atoms with E-state index in [1.54, 1.807) is 6.92 Å². The van der Waals surface area contributed by atoms with Crippen molar-refractivity contribution in [3.63, 3.8) is 0 Å². The molecular formula is C14H18O. The Labute approximate surface area is 91.5 Å². The van der Waals surface area contributed by atoms with Crippen molar-refractivity contribution >= 4 is 5.78 Å². The monoisotopic (exact) mass is 202 g/mol. The third-order valence-corrected chi connectivity index (χ3v) is 3.39. The van der Waals surface area contributed by atoms with Gasteiger partial charge in [0.15, 0.2) is 0 Å². The first kappa shape index (κ1) is 10.4. The Morgan fingerprint density at radius 3 is 2.67 bits per heavy atom. The lowest BCUT2D eigenvalue weighted by Gasteiger charge is -2.10. The van der Waals surface area contributed by atoms with Gasteiger partial charge in [0, 0.05) is 6.42 Å². The van der Waals surface area contributed by atoms with Gasteiger partial charge in [0.25, 0.3) is 0 Å². The maximum atomic E-state index is 11.0. The highest BCUT2D eigenvalue weighted by Gasteiger charge is 2.26. The molecule has 0 aliphatic heterocycles. The molecule has 2 atom stereocenters. The van der Waals surface area contributed by atoms with Gasteiger partial charge < -0.3 is 4.79 Å². The average Bonchev–Trinajstić information content (AvgIpc) is 2.67.